The molecule has 0 saturated carbocycles. The number of nitrogens with zero attached hydrogens (tertiary/aromatic N) is 2. The molecule has 0 unspecified atom stereocenters. The molecule has 1 aromatic carbocycles. The van der Waals surface area contributed by atoms with Gasteiger partial charge >= 0.3 is 0 Å². The number of aromatic nitrogens is 2. The Bertz CT molecular complexity index is 746. The molecule has 0 radical (unpaired) electrons. The average Bonchev–Trinajstić information content (AvgIpc) is 2.99. The quantitative estimate of drug-likeness (QED) is 0.570. The van der Waals surface area contributed by atoms with Gasteiger partial charge in [-0.05, 0) is 30.7 Å². The van der Waals surface area contributed by atoms with Crippen molar-refractivity contribution < 1.29 is 9.59 Å². The summed E-state index contributed by atoms with van der Waals surface area (Å²) < 4.78 is 0.808. The minimum Gasteiger partial charge on any atom is -0.340 e. The third-order valence-electron chi connectivity index (χ3n) is 3.42. The number of rotatable bonds is 7. The molecule has 0 aliphatic carbocycles. The number of thioether (sulfide) groups is 1. The Hall–Kier alpha value is -1.93. The molecule has 1 atom stereocenters. The van der Waals surface area contributed by atoms with Gasteiger partial charge in [0.2, 0.25) is 11.0 Å². The molecule has 25 heavy (non-hydrogen) atoms. The van der Waals surface area contributed by atoms with Gasteiger partial charge in [0.15, 0.2) is 4.34 Å². The van der Waals surface area contributed by atoms with Crippen molar-refractivity contribution in [1.82, 2.24) is 15.5 Å². The van der Waals surface area contributed by atoms with Crippen molar-refractivity contribution in [2.45, 2.75) is 38.1 Å². The molecular formula is C17H22N4O2S2. The zero-order chi connectivity index (χ0) is 18.4. The Balaban J connectivity index is 2.05. The van der Waals surface area contributed by atoms with E-state index in [1.54, 1.807) is 23.9 Å². The third kappa shape index (κ3) is 5.54. The van der Waals surface area contributed by atoms with Gasteiger partial charge in [0.25, 0.3) is 5.91 Å². The highest BCUT2D eigenvalue weighted by Gasteiger charge is 2.25. The van der Waals surface area contributed by atoms with Crippen molar-refractivity contribution in [2.24, 2.45) is 5.92 Å². The molecular weight excluding hydrogens is 356 g/mol. The van der Waals surface area contributed by atoms with Crippen LogP contribution in [0.5, 0.6) is 0 Å². The summed E-state index contributed by atoms with van der Waals surface area (Å²) in [7, 11) is 0. The third-order valence-corrected chi connectivity index (χ3v) is 5.27. The maximum absolute atomic E-state index is 12.6. The molecule has 8 heteroatoms. The Morgan fingerprint density at radius 2 is 2.04 bits per heavy atom. The van der Waals surface area contributed by atoms with Gasteiger partial charge in [0, 0.05) is 5.56 Å². The zero-order valence-corrected chi connectivity index (χ0v) is 16.3. The van der Waals surface area contributed by atoms with Crippen LogP contribution in [0.25, 0.3) is 0 Å². The smallest absolute Gasteiger partial charge is 0.251 e. The van der Waals surface area contributed by atoms with Crippen molar-refractivity contribution in [3.63, 3.8) is 0 Å². The Labute approximate surface area is 155 Å². The van der Waals surface area contributed by atoms with E-state index in [2.05, 4.69) is 20.8 Å². The number of benzene rings is 1. The van der Waals surface area contributed by atoms with Gasteiger partial charge in [0.05, 0.1) is 0 Å². The van der Waals surface area contributed by atoms with E-state index in [0.29, 0.717) is 10.7 Å². The van der Waals surface area contributed by atoms with Crippen molar-refractivity contribution in [3.05, 3.63) is 35.4 Å². The summed E-state index contributed by atoms with van der Waals surface area (Å²) in [6.45, 7) is 7.73. The Morgan fingerprint density at radius 3 is 2.68 bits per heavy atom. The fourth-order valence-corrected chi connectivity index (χ4v) is 3.82. The lowest BCUT2D eigenvalue weighted by Gasteiger charge is -2.21. The summed E-state index contributed by atoms with van der Waals surface area (Å²) in [6.07, 6.45) is 0. The van der Waals surface area contributed by atoms with Crippen molar-refractivity contribution in [2.75, 3.05) is 11.1 Å². The number of aryl methyl sites for hydroxylation is 1. The number of amides is 2. The predicted octanol–water partition coefficient (Wildman–Crippen LogP) is 3.35. The van der Waals surface area contributed by atoms with Crippen LogP contribution in [0.1, 0.15) is 36.7 Å². The predicted molar refractivity (Wildman–Crippen MR) is 102 cm³/mol. The number of carbonyl (C=O) groups is 2. The van der Waals surface area contributed by atoms with E-state index in [1.807, 2.05) is 39.8 Å². The summed E-state index contributed by atoms with van der Waals surface area (Å²) in [5.41, 5.74) is 1.53. The summed E-state index contributed by atoms with van der Waals surface area (Å²) in [4.78, 5) is 25.0. The highest BCUT2D eigenvalue weighted by molar-refractivity contribution is 8.01. The molecule has 134 valence electrons. The summed E-state index contributed by atoms with van der Waals surface area (Å²) >= 11 is 2.90. The van der Waals surface area contributed by atoms with Gasteiger partial charge in [-0.1, -0.05) is 61.6 Å². The fourth-order valence-electron chi connectivity index (χ4n) is 2.17. The lowest BCUT2D eigenvalue weighted by Crippen LogP contribution is -2.47. The molecule has 0 spiro atoms. The standard InChI is InChI=1S/C17H22N4O2S2/c1-5-24-17-21-20-16(25-17)19-15(23)13(10(2)3)18-14(22)12-8-6-7-11(4)9-12/h6-10,13H,5H2,1-4H3,(H,18,22)(H,19,20,23)/t13-/m0/s1. The molecule has 2 aromatic rings. The van der Waals surface area contributed by atoms with E-state index in [4.69, 9.17) is 0 Å². The van der Waals surface area contributed by atoms with Gasteiger partial charge < -0.3 is 5.32 Å². The average molecular weight is 379 g/mol. The van der Waals surface area contributed by atoms with Crippen LogP contribution in [0.4, 0.5) is 5.13 Å². The number of hydrogen-bond acceptors (Lipinski definition) is 6. The Morgan fingerprint density at radius 1 is 1.28 bits per heavy atom. The van der Waals surface area contributed by atoms with Gasteiger partial charge in [-0.2, -0.15) is 0 Å². The van der Waals surface area contributed by atoms with Crippen LogP contribution in [0.3, 0.4) is 0 Å². The van der Waals surface area contributed by atoms with Crippen molar-refractivity contribution in [1.29, 1.82) is 0 Å². The van der Waals surface area contributed by atoms with E-state index < -0.39 is 6.04 Å². The molecule has 2 rings (SSSR count). The van der Waals surface area contributed by atoms with Gasteiger partial charge in [-0.25, -0.2) is 0 Å². The van der Waals surface area contributed by atoms with E-state index in [9.17, 15) is 9.59 Å². The SMILES string of the molecule is CCSc1nnc(NC(=O)[C@@H](NC(=O)c2cccc(C)c2)C(C)C)s1. The topological polar surface area (TPSA) is 84.0 Å². The van der Waals surface area contributed by atoms with Crippen LogP contribution in [-0.2, 0) is 4.79 Å². The Kier molecular flexibility index (Phi) is 6.95. The highest BCUT2D eigenvalue weighted by atomic mass is 32.2. The van der Waals surface area contributed by atoms with Gasteiger partial charge in [-0.15, -0.1) is 10.2 Å². The molecule has 1 heterocycles. The maximum Gasteiger partial charge on any atom is 0.251 e. The molecule has 0 saturated heterocycles. The van der Waals surface area contributed by atoms with Crippen LogP contribution in [-0.4, -0.2) is 33.8 Å². The van der Waals surface area contributed by atoms with Crippen LogP contribution >= 0.6 is 23.1 Å². The molecule has 2 amide bonds. The van der Waals surface area contributed by atoms with E-state index in [-0.39, 0.29) is 17.7 Å². The second-order valence-electron chi connectivity index (χ2n) is 5.86. The van der Waals surface area contributed by atoms with Crippen LogP contribution < -0.4 is 10.6 Å². The normalized spacial score (nSPS) is 12.0. The lowest BCUT2D eigenvalue weighted by atomic mass is 10.0. The van der Waals surface area contributed by atoms with Crippen LogP contribution in [0.15, 0.2) is 28.6 Å². The van der Waals surface area contributed by atoms with E-state index in [0.717, 1.165) is 15.7 Å². The van der Waals surface area contributed by atoms with Crippen molar-refractivity contribution in [3.8, 4) is 0 Å². The monoisotopic (exact) mass is 378 g/mol. The number of carbonyl (C=O) groups excluding carboxylic acids is 2. The van der Waals surface area contributed by atoms with Crippen LogP contribution in [0, 0.1) is 12.8 Å². The highest BCUT2D eigenvalue weighted by Crippen LogP contribution is 2.25. The molecule has 0 bridgehead atoms. The minimum absolute atomic E-state index is 0.0637. The van der Waals surface area contributed by atoms with Crippen LogP contribution in [0.2, 0.25) is 0 Å². The van der Waals surface area contributed by atoms with E-state index in [1.165, 1.54) is 11.3 Å². The molecule has 6 nitrogen and oxygen atoms in total. The second kappa shape index (κ2) is 8.96. The zero-order valence-electron chi connectivity index (χ0n) is 14.7. The lowest BCUT2D eigenvalue weighted by molar-refractivity contribution is -0.118. The number of hydrogen-bond donors (Lipinski definition) is 2. The maximum atomic E-state index is 12.6. The molecule has 2 N–H and O–H groups in total. The number of nitrogens with one attached hydrogen (secondary N) is 2. The molecule has 0 aliphatic heterocycles. The minimum atomic E-state index is -0.654. The van der Waals surface area contributed by atoms with Gasteiger partial charge in [-0.3, -0.25) is 14.9 Å². The molecule has 0 fully saturated rings. The first kappa shape index (κ1) is 19.4. The summed E-state index contributed by atoms with van der Waals surface area (Å²) in [5.74, 6) is 0.271. The first-order valence-electron chi connectivity index (χ1n) is 8.05. The first-order valence-corrected chi connectivity index (χ1v) is 9.85. The molecule has 1 aromatic heterocycles. The summed E-state index contributed by atoms with van der Waals surface area (Å²) in [6, 6.07) is 6.62. The second-order valence-corrected chi connectivity index (χ2v) is 8.35. The van der Waals surface area contributed by atoms with E-state index >= 15 is 0 Å². The van der Waals surface area contributed by atoms with Gasteiger partial charge in [0.1, 0.15) is 6.04 Å². The summed E-state index contributed by atoms with van der Waals surface area (Å²) in [5, 5.41) is 14.0. The number of anilines is 1. The fraction of sp³-hybridized carbons (Fsp3) is 0.412. The first-order chi connectivity index (χ1) is 11.9. The van der Waals surface area contributed by atoms with Crippen molar-refractivity contribution >= 4 is 40.0 Å². The largest absolute Gasteiger partial charge is 0.340 e. The molecule has 0 aliphatic rings.